The van der Waals surface area contributed by atoms with Crippen LogP contribution in [0.3, 0.4) is 0 Å². The van der Waals surface area contributed by atoms with Gasteiger partial charge in [0.1, 0.15) is 18.5 Å². The van der Waals surface area contributed by atoms with E-state index in [0.29, 0.717) is 12.3 Å². The molecule has 144 valence electrons. The van der Waals surface area contributed by atoms with E-state index in [2.05, 4.69) is 74.5 Å². The molecule has 3 heteroatoms. The van der Waals surface area contributed by atoms with E-state index < -0.39 is 0 Å². The maximum absolute atomic E-state index is 6.49. The molecule has 1 aliphatic heterocycles. The average molecular weight is 373 g/mol. The van der Waals surface area contributed by atoms with Gasteiger partial charge < -0.3 is 15.2 Å². The largest absolute Gasteiger partial charge is 0.488 e. The molecule has 4 rings (SSSR count). The van der Waals surface area contributed by atoms with Crippen LogP contribution >= 0.6 is 0 Å². The Morgan fingerprint density at radius 2 is 1.46 bits per heavy atom. The van der Waals surface area contributed by atoms with E-state index in [9.17, 15) is 0 Å². The van der Waals surface area contributed by atoms with Crippen molar-refractivity contribution < 1.29 is 9.47 Å². The molecule has 3 nitrogen and oxygen atoms in total. The predicted molar refractivity (Wildman–Crippen MR) is 114 cm³/mol. The van der Waals surface area contributed by atoms with E-state index in [0.717, 1.165) is 17.9 Å². The van der Waals surface area contributed by atoms with Crippen molar-refractivity contribution >= 4 is 5.69 Å². The van der Waals surface area contributed by atoms with Crippen LogP contribution in [0.1, 0.15) is 47.9 Å². The highest BCUT2D eigenvalue weighted by Crippen LogP contribution is 2.40. The van der Waals surface area contributed by atoms with Crippen LogP contribution < -0.4 is 10.5 Å². The molecule has 1 aliphatic rings. The Kier molecular flexibility index (Phi) is 5.36. The highest BCUT2D eigenvalue weighted by atomic mass is 16.6. The summed E-state index contributed by atoms with van der Waals surface area (Å²) < 4.78 is 11.4. The van der Waals surface area contributed by atoms with Crippen molar-refractivity contribution in [2.45, 2.75) is 31.8 Å². The summed E-state index contributed by atoms with van der Waals surface area (Å²) in [6.45, 7) is 5.75. The fourth-order valence-corrected chi connectivity index (χ4v) is 3.63. The van der Waals surface area contributed by atoms with Crippen LogP contribution in [0.4, 0.5) is 5.69 Å². The normalized spacial score (nSPS) is 17.7. The highest BCUT2D eigenvalue weighted by molar-refractivity contribution is 5.62. The second-order valence-corrected chi connectivity index (χ2v) is 7.56. The van der Waals surface area contributed by atoms with Crippen LogP contribution in [0.5, 0.6) is 5.75 Å². The van der Waals surface area contributed by atoms with E-state index in [1.54, 1.807) is 0 Å². The molecule has 3 aromatic rings. The lowest BCUT2D eigenvalue weighted by Crippen LogP contribution is -2.11. The van der Waals surface area contributed by atoms with E-state index in [1.807, 2.05) is 12.1 Å². The van der Waals surface area contributed by atoms with Gasteiger partial charge >= 0.3 is 0 Å². The van der Waals surface area contributed by atoms with Crippen molar-refractivity contribution in [1.29, 1.82) is 0 Å². The summed E-state index contributed by atoms with van der Waals surface area (Å²) in [7, 11) is 0. The third kappa shape index (κ3) is 4.05. The first kappa shape index (κ1) is 18.6. The molecule has 0 aromatic heterocycles. The van der Waals surface area contributed by atoms with Crippen molar-refractivity contribution in [3.8, 4) is 5.75 Å². The summed E-state index contributed by atoms with van der Waals surface area (Å²) in [6, 6.07) is 25.3. The molecule has 28 heavy (non-hydrogen) atoms. The van der Waals surface area contributed by atoms with Crippen LogP contribution in [0.15, 0.2) is 72.8 Å². The standard InChI is InChI=1S/C25H27NO2/c1-17(19-9-5-3-6-10-19)21-13-23(18(2)20-11-7-4-8-12-20)25(24(26)14-21)28-16-22-15-27-22/h3-14,17-18,22H,15-16,26H2,1-2H3. The summed E-state index contributed by atoms with van der Waals surface area (Å²) in [5.74, 6) is 1.23. The highest BCUT2D eigenvalue weighted by Gasteiger charge is 2.26. The Bertz CT molecular complexity index is 920. The number of nitrogens with two attached hydrogens (primary N) is 1. The zero-order valence-corrected chi connectivity index (χ0v) is 16.5. The summed E-state index contributed by atoms with van der Waals surface area (Å²) >= 11 is 0. The molecule has 0 aliphatic carbocycles. The van der Waals surface area contributed by atoms with Gasteiger partial charge in [-0.3, -0.25) is 0 Å². The number of nitrogen functional groups attached to an aromatic ring is 1. The molecule has 0 amide bonds. The number of benzene rings is 3. The topological polar surface area (TPSA) is 47.8 Å². The maximum atomic E-state index is 6.49. The summed E-state index contributed by atoms with van der Waals surface area (Å²) in [4.78, 5) is 0. The van der Waals surface area contributed by atoms with Gasteiger partial charge in [-0.2, -0.15) is 0 Å². The number of ether oxygens (including phenoxy) is 2. The van der Waals surface area contributed by atoms with Crippen molar-refractivity contribution in [2.24, 2.45) is 0 Å². The van der Waals surface area contributed by atoms with Crippen LogP contribution in [0.25, 0.3) is 0 Å². The molecule has 2 N–H and O–H groups in total. The van der Waals surface area contributed by atoms with E-state index in [4.69, 9.17) is 15.2 Å². The fraction of sp³-hybridized carbons (Fsp3) is 0.280. The molecule has 3 aromatic carbocycles. The monoisotopic (exact) mass is 373 g/mol. The van der Waals surface area contributed by atoms with Gasteiger partial charge in [0.25, 0.3) is 0 Å². The molecule has 1 heterocycles. The SMILES string of the molecule is CC(c1ccccc1)c1cc(N)c(OCC2CO2)c(C(C)c2ccccc2)c1. The van der Waals surface area contributed by atoms with Crippen molar-refractivity contribution in [1.82, 2.24) is 0 Å². The Hall–Kier alpha value is -2.78. The van der Waals surface area contributed by atoms with Crippen molar-refractivity contribution in [3.05, 3.63) is 95.1 Å². The molecule has 3 atom stereocenters. The molecular weight excluding hydrogens is 346 g/mol. The zero-order chi connectivity index (χ0) is 19.5. The molecule has 0 bridgehead atoms. The first-order valence-corrected chi connectivity index (χ1v) is 9.91. The van der Waals surface area contributed by atoms with Gasteiger partial charge in [-0.05, 0) is 22.8 Å². The number of hydrogen-bond donors (Lipinski definition) is 1. The molecule has 3 unspecified atom stereocenters. The minimum Gasteiger partial charge on any atom is -0.488 e. The van der Waals surface area contributed by atoms with Crippen LogP contribution in [-0.4, -0.2) is 19.3 Å². The molecule has 1 fully saturated rings. The Morgan fingerprint density at radius 1 is 0.893 bits per heavy atom. The van der Waals surface area contributed by atoms with Crippen LogP contribution in [-0.2, 0) is 4.74 Å². The average Bonchev–Trinajstić information content (AvgIpc) is 3.57. The molecule has 1 saturated heterocycles. The number of hydrogen-bond acceptors (Lipinski definition) is 3. The van der Waals surface area contributed by atoms with Crippen molar-refractivity contribution in [2.75, 3.05) is 18.9 Å². The molecular formula is C25H27NO2. The Labute approximate surface area is 167 Å². The fourth-order valence-electron chi connectivity index (χ4n) is 3.63. The van der Waals surface area contributed by atoms with Gasteiger partial charge in [-0.1, -0.05) is 80.6 Å². The van der Waals surface area contributed by atoms with Crippen LogP contribution in [0.2, 0.25) is 0 Å². The Balaban J connectivity index is 1.74. The number of rotatable bonds is 7. The first-order valence-electron chi connectivity index (χ1n) is 9.91. The lowest BCUT2D eigenvalue weighted by atomic mass is 9.86. The van der Waals surface area contributed by atoms with Gasteiger partial charge in [-0.25, -0.2) is 0 Å². The predicted octanol–water partition coefficient (Wildman–Crippen LogP) is 5.35. The molecule has 0 saturated carbocycles. The first-order chi connectivity index (χ1) is 13.6. The maximum Gasteiger partial charge on any atom is 0.146 e. The second kappa shape index (κ2) is 8.07. The third-order valence-corrected chi connectivity index (χ3v) is 5.55. The number of anilines is 1. The zero-order valence-electron chi connectivity index (χ0n) is 16.5. The quantitative estimate of drug-likeness (QED) is 0.448. The van der Waals surface area contributed by atoms with E-state index in [-0.39, 0.29) is 17.9 Å². The molecule has 0 radical (unpaired) electrons. The van der Waals surface area contributed by atoms with Gasteiger partial charge in [0.05, 0.1) is 12.3 Å². The summed E-state index contributed by atoms with van der Waals surface area (Å²) in [6.07, 6.45) is 0.196. The smallest absolute Gasteiger partial charge is 0.146 e. The van der Waals surface area contributed by atoms with E-state index in [1.165, 1.54) is 16.7 Å². The van der Waals surface area contributed by atoms with Crippen molar-refractivity contribution in [3.63, 3.8) is 0 Å². The second-order valence-electron chi connectivity index (χ2n) is 7.56. The minimum atomic E-state index is 0.182. The molecule has 0 spiro atoms. The minimum absolute atomic E-state index is 0.182. The van der Waals surface area contributed by atoms with Gasteiger partial charge in [0, 0.05) is 17.4 Å². The van der Waals surface area contributed by atoms with Gasteiger partial charge in [0.15, 0.2) is 0 Å². The van der Waals surface area contributed by atoms with Gasteiger partial charge in [-0.15, -0.1) is 0 Å². The van der Waals surface area contributed by atoms with E-state index >= 15 is 0 Å². The number of epoxide rings is 1. The van der Waals surface area contributed by atoms with Gasteiger partial charge in [0.2, 0.25) is 0 Å². The summed E-state index contributed by atoms with van der Waals surface area (Å²) in [5, 5.41) is 0. The summed E-state index contributed by atoms with van der Waals surface area (Å²) in [5.41, 5.74) is 12.0. The Morgan fingerprint density at radius 3 is 2.04 bits per heavy atom. The lowest BCUT2D eigenvalue weighted by Gasteiger charge is -2.22. The van der Waals surface area contributed by atoms with Crippen LogP contribution in [0, 0.1) is 0 Å². The lowest BCUT2D eigenvalue weighted by molar-refractivity contribution is 0.262. The third-order valence-electron chi connectivity index (χ3n) is 5.55.